The number of carbonyl (C=O) groups excluding carboxylic acids is 1. The number of anilines is 1. The van der Waals surface area contributed by atoms with E-state index in [-0.39, 0.29) is 11.5 Å². The van der Waals surface area contributed by atoms with Crippen molar-refractivity contribution in [3.8, 4) is 11.3 Å². The normalized spacial score (nSPS) is 13.5. The Balaban J connectivity index is 1.57. The van der Waals surface area contributed by atoms with Crippen molar-refractivity contribution in [2.75, 3.05) is 5.32 Å². The molecule has 5 rings (SSSR count). The summed E-state index contributed by atoms with van der Waals surface area (Å²) < 4.78 is 0. The number of hydrogen-bond donors (Lipinski definition) is 3. The van der Waals surface area contributed by atoms with E-state index in [9.17, 15) is 9.59 Å². The highest BCUT2D eigenvalue weighted by Crippen LogP contribution is 2.43. The van der Waals surface area contributed by atoms with Crippen LogP contribution in [0.1, 0.15) is 31.4 Å². The second-order valence-electron chi connectivity index (χ2n) is 7.47. The number of benzene rings is 2. The molecule has 0 unspecified atom stereocenters. The lowest BCUT2D eigenvalue weighted by molar-refractivity contribution is -0.114. The summed E-state index contributed by atoms with van der Waals surface area (Å²) in [6.45, 7) is 1.49. The van der Waals surface area contributed by atoms with Gasteiger partial charge in [0.1, 0.15) is 0 Å². The summed E-state index contributed by atoms with van der Waals surface area (Å²) in [5, 5.41) is 9.61. The van der Waals surface area contributed by atoms with Crippen LogP contribution in [0.4, 0.5) is 5.69 Å². The predicted molar refractivity (Wildman–Crippen MR) is 119 cm³/mol. The Morgan fingerprint density at radius 2 is 1.87 bits per heavy atom. The molecule has 1 saturated carbocycles. The molecule has 2 aromatic heterocycles. The van der Waals surface area contributed by atoms with E-state index in [1.54, 1.807) is 11.8 Å². The highest BCUT2D eigenvalue weighted by molar-refractivity contribution is 7.99. The Morgan fingerprint density at radius 1 is 1.10 bits per heavy atom. The molecule has 4 aromatic rings. The summed E-state index contributed by atoms with van der Waals surface area (Å²) in [4.78, 5) is 30.6. The van der Waals surface area contributed by atoms with Gasteiger partial charge in [-0.1, -0.05) is 30.0 Å². The molecular formula is C23H20N4O2S. The van der Waals surface area contributed by atoms with Gasteiger partial charge in [-0.25, -0.2) is 4.98 Å². The number of aromatic nitrogens is 3. The third-order valence-electron chi connectivity index (χ3n) is 5.13. The van der Waals surface area contributed by atoms with Gasteiger partial charge in [-0.15, -0.1) is 0 Å². The molecule has 6 nitrogen and oxygen atoms in total. The van der Waals surface area contributed by atoms with Crippen LogP contribution in [0.25, 0.3) is 22.2 Å². The first-order chi connectivity index (χ1) is 14.6. The van der Waals surface area contributed by atoms with E-state index in [0.717, 1.165) is 44.9 Å². The van der Waals surface area contributed by atoms with Gasteiger partial charge in [-0.2, -0.15) is 0 Å². The average molecular weight is 417 g/mol. The number of nitrogens with zero attached hydrogens (tertiary/aromatic N) is 1. The smallest absolute Gasteiger partial charge is 0.273 e. The van der Waals surface area contributed by atoms with Crippen molar-refractivity contribution in [1.82, 2.24) is 15.2 Å². The predicted octanol–water partition coefficient (Wildman–Crippen LogP) is 4.91. The average Bonchev–Trinajstić information content (AvgIpc) is 3.50. The Hall–Kier alpha value is -3.32. The molecule has 0 atom stereocenters. The molecule has 30 heavy (non-hydrogen) atoms. The minimum absolute atomic E-state index is 0.0941. The van der Waals surface area contributed by atoms with Gasteiger partial charge in [-0.3, -0.25) is 14.7 Å². The van der Waals surface area contributed by atoms with Gasteiger partial charge in [0, 0.05) is 39.4 Å². The first-order valence-electron chi connectivity index (χ1n) is 9.84. The first kappa shape index (κ1) is 18.7. The van der Waals surface area contributed by atoms with Crippen LogP contribution in [-0.2, 0) is 4.79 Å². The fourth-order valence-electron chi connectivity index (χ4n) is 3.60. The molecule has 1 aliphatic rings. The molecule has 7 heteroatoms. The SMILES string of the molecule is CC(=O)Nc1ccc(Sc2cc(-c3c(C4CC4)[nH][nH]c3=O)nc3ccccc23)cc1. The van der Waals surface area contributed by atoms with E-state index in [1.807, 2.05) is 54.6 Å². The molecule has 0 bridgehead atoms. The Morgan fingerprint density at radius 3 is 2.60 bits per heavy atom. The van der Waals surface area contributed by atoms with Crippen molar-refractivity contribution in [3.63, 3.8) is 0 Å². The zero-order valence-electron chi connectivity index (χ0n) is 16.4. The molecular weight excluding hydrogens is 396 g/mol. The highest BCUT2D eigenvalue weighted by Gasteiger charge is 2.30. The van der Waals surface area contributed by atoms with Gasteiger partial charge < -0.3 is 10.4 Å². The maximum absolute atomic E-state index is 12.5. The van der Waals surface area contributed by atoms with Crippen LogP contribution >= 0.6 is 11.8 Å². The molecule has 1 fully saturated rings. The van der Waals surface area contributed by atoms with Crippen molar-refractivity contribution < 1.29 is 4.79 Å². The molecule has 1 amide bonds. The van der Waals surface area contributed by atoms with Crippen LogP contribution in [0.15, 0.2) is 69.2 Å². The lowest BCUT2D eigenvalue weighted by atomic mass is 10.1. The Bertz CT molecular complexity index is 1300. The third-order valence-corrected chi connectivity index (χ3v) is 6.20. The number of para-hydroxylation sites is 1. The Kier molecular flexibility index (Phi) is 4.67. The number of amides is 1. The summed E-state index contributed by atoms with van der Waals surface area (Å²) in [6, 6.07) is 17.7. The van der Waals surface area contributed by atoms with Gasteiger partial charge in [0.05, 0.1) is 16.8 Å². The standard InChI is InChI=1S/C23H20N4O2S/c1-13(28)24-15-8-10-16(11-9-15)30-20-12-19(25-18-5-3-2-4-17(18)20)21-22(14-6-7-14)26-27-23(21)29/h2-5,8-12,14H,6-7H2,1H3,(H,24,28)(H2,26,27,29). The number of H-pyrrole nitrogens is 2. The molecule has 1 aliphatic carbocycles. The van der Waals surface area contributed by atoms with Gasteiger partial charge in [0.2, 0.25) is 5.91 Å². The zero-order chi connectivity index (χ0) is 20.7. The number of pyridine rings is 1. The number of aromatic amines is 2. The fourth-order valence-corrected chi connectivity index (χ4v) is 4.58. The summed E-state index contributed by atoms with van der Waals surface area (Å²) in [6.07, 6.45) is 2.19. The van der Waals surface area contributed by atoms with Gasteiger partial charge >= 0.3 is 0 Å². The number of carbonyl (C=O) groups is 1. The minimum atomic E-state index is -0.129. The van der Waals surface area contributed by atoms with Crippen molar-refractivity contribution in [2.24, 2.45) is 0 Å². The second-order valence-corrected chi connectivity index (χ2v) is 8.59. The third kappa shape index (κ3) is 3.64. The summed E-state index contributed by atoms with van der Waals surface area (Å²) in [5.41, 5.74) is 3.78. The van der Waals surface area contributed by atoms with Crippen LogP contribution in [0.2, 0.25) is 0 Å². The molecule has 2 heterocycles. The van der Waals surface area contributed by atoms with Crippen LogP contribution in [-0.4, -0.2) is 21.1 Å². The van der Waals surface area contributed by atoms with E-state index < -0.39 is 0 Å². The first-order valence-corrected chi connectivity index (χ1v) is 10.7. The summed E-state index contributed by atoms with van der Waals surface area (Å²) >= 11 is 1.62. The molecule has 0 spiro atoms. The number of rotatable bonds is 5. The largest absolute Gasteiger partial charge is 0.326 e. The van der Waals surface area contributed by atoms with Crippen molar-refractivity contribution >= 4 is 34.3 Å². The molecule has 0 radical (unpaired) electrons. The molecule has 0 aliphatic heterocycles. The lowest BCUT2D eigenvalue weighted by Crippen LogP contribution is -2.05. The fraction of sp³-hybridized carbons (Fsp3) is 0.174. The van der Waals surface area contributed by atoms with Crippen LogP contribution in [0, 0.1) is 0 Å². The lowest BCUT2D eigenvalue weighted by Gasteiger charge is -2.10. The zero-order valence-corrected chi connectivity index (χ0v) is 17.2. The van der Waals surface area contributed by atoms with E-state index in [4.69, 9.17) is 4.98 Å². The summed E-state index contributed by atoms with van der Waals surface area (Å²) in [7, 11) is 0. The van der Waals surface area contributed by atoms with E-state index in [0.29, 0.717) is 17.2 Å². The van der Waals surface area contributed by atoms with E-state index in [1.165, 1.54) is 6.92 Å². The molecule has 3 N–H and O–H groups in total. The van der Waals surface area contributed by atoms with Crippen LogP contribution in [0.3, 0.4) is 0 Å². The Labute approximate surface area is 177 Å². The number of hydrogen-bond acceptors (Lipinski definition) is 4. The number of fused-ring (bicyclic) bond motifs is 1. The maximum Gasteiger partial charge on any atom is 0.273 e. The van der Waals surface area contributed by atoms with Crippen molar-refractivity contribution in [1.29, 1.82) is 0 Å². The quantitative estimate of drug-likeness (QED) is 0.431. The van der Waals surface area contributed by atoms with E-state index >= 15 is 0 Å². The van der Waals surface area contributed by atoms with E-state index in [2.05, 4.69) is 15.5 Å². The molecule has 150 valence electrons. The summed E-state index contributed by atoms with van der Waals surface area (Å²) in [5.74, 6) is 0.313. The highest BCUT2D eigenvalue weighted by atomic mass is 32.2. The van der Waals surface area contributed by atoms with Crippen LogP contribution < -0.4 is 10.9 Å². The van der Waals surface area contributed by atoms with Gasteiger partial charge in [0.25, 0.3) is 5.56 Å². The van der Waals surface area contributed by atoms with Crippen molar-refractivity contribution in [2.45, 2.75) is 35.5 Å². The topological polar surface area (TPSA) is 90.6 Å². The number of nitrogens with one attached hydrogen (secondary N) is 3. The van der Waals surface area contributed by atoms with Gasteiger partial charge in [0.15, 0.2) is 0 Å². The van der Waals surface area contributed by atoms with Crippen LogP contribution in [0.5, 0.6) is 0 Å². The monoisotopic (exact) mass is 416 g/mol. The van der Waals surface area contributed by atoms with Crippen molar-refractivity contribution in [3.05, 3.63) is 70.6 Å². The second kappa shape index (κ2) is 7.50. The molecule has 0 saturated heterocycles. The minimum Gasteiger partial charge on any atom is -0.326 e. The van der Waals surface area contributed by atoms with Gasteiger partial charge in [-0.05, 0) is 49.2 Å². The maximum atomic E-state index is 12.5. The molecule has 2 aromatic carbocycles.